The third-order valence-corrected chi connectivity index (χ3v) is 3.58. The minimum Gasteiger partial charge on any atom is -0.259 e. The van der Waals surface area contributed by atoms with Crippen LogP contribution in [0.15, 0.2) is 36.7 Å². The van der Waals surface area contributed by atoms with Gasteiger partial charge in [0.05, 0.1) is 21.8 Å². The highest BCUT2D eigenvalue weighted by Crippen LogP contribution is 2.07. The maximum Gasteiger partial charge on any atom is 0.226 e. The van der Waals surface area contributed by atoms with Crippen LogP contribution >= 0.6 is 45.2 Å². The van der Waals surface area contributed by atoms with Gasteiger partial charge in [-0.05, 0) is 69.4 Å². The molecule has 0 aliphatic rings. The van der Waals surface area contributed by atoms with Crippen molar-refractivity contribution >= 4 is 45.2 Å². The van der Waals surface area contributed by atoms with Crippen LogP contribution in [0, 0.1) is 24.4 Å². The highest BCUT2D eigenvalue weighted by atomic mass is 127. The van der Waals surface area contributed by atoms with Crippen molar-refractivity contribution in [2.24, 2.45) is 0 Å². The predicted octanol–water partition coefficient (Wildman–Crippen LogP) is 3.58. The van der Waals surface area contributed by atoms with Crippen molar-refractivity contribution < 1.29 is 4.39 Å². The van der Waals surface area contributed by atoms with Gasteiger partial charge in [-0.3, -0.25) is 4.98 Å². The van der Waals surface area contributed by atoms with Crippen molar-refractivity contribution in [3.05, 3.63) is 55.4 Å². The molecular formula is C12H8FI2N3. The van der Waals surface area contributed by atoms with Gasteiger partial charge in [0.15, 0.2) is 0 Å². The van der Waals surface area contributed by atoms with Crippen LogP contribution in [-0.4, -0.2) is 9.97 Å². The molecule has 6 heteroatoms. The van der Waals surface area contributed by atoms with E-state index < -0.39 is 5.95 Å². The molecule has 2 aromatic rings. The molecule has 0 aliphatic carbocycles. The molecule has 2 aromatic heterocycles. The number of aromatic nitrogens is 2. The van der Waals surface area contributed by atoms with E-state index in [4.69, 9.17) is 5.26 Å². The highest BCUT2D eigenvalue weighted by Gasteiger charge is 1.96. The summed E-state index contributed by atoms with van der Waals surface area (Å²) in [5.74, 6) is -0.395. The molecule has 0 unspecified atom stereocenters. The number of nitriles is 1. The van der Waals surface area contributed by atoms with Gasteiger partial charge >= 0.3 is 0 Å². The second kappa shape index (κ2) is 8.31. The Hall–Kier alpha value is -0.820. The van der Waals surface area contributed by atoms with Crippen LogP contribution in [0.5, 0.6) is 0 Å². The van der Waals surface area contributed by atoms with Crippen LogP contribution < -0.4 is 0 Å². The van der Waals surface area contributed by atoms with E-state index in [1.54, 1.807) is 18.3 Å². The Balaban J connectivity index is 0.000000184. The minimum absolute atomic E-state index is 0.395. The Morgan fingerprint density at radius 3 is 2.17 bits per heavy atom. The van der Waals surface area contributed by atoms with E-state index in [9.17, 15) is 4.39 Å². The molecule has 2 rings (SSSR count). The first-order valence-electron chi connectivity index (χ1n) is 4.87. The zero-order valence-corrected chi connectivity index (χ0v) is 13.5. The summed E-state index contributed by atoms with van der Waals surface area (Å²) in [4.78, 5) is 7.44. The summed E-state index contributed by atoms with van der Waals surface area (Å²) in [5.41, 5.74) is 0.866. The molecule has 0 N–H and O–H groups in total. The molecule has 0 aliphatic heterocycles. The van der Waals surface area contributed by atoms with Crippen molar-refractivity contribution in [3.63, 3.8) is 0 Å². The maximum atomic E-state index is 12.2. The lowest BCUT2D eigenvalue weighted by Crippen LogP contribution is -1.89. The number of nitrogens with zero attached hydrogens (tertiary/aromatic N) is 3. The third kappa shape index (κ3) is 5.22. The van der Waals surface area contributed by atoms with Crippen molar-refractivity contribution in [3.8, 4) is 6.07 Å². The second-order valence-corrected chi connectivity index (χ2v) is 5.37. The molecule has 92 valence electrons. The molecule has 0 radical (unpaired) electrons. The van der Waals surface area contributed by atoms with Crippen LogP contribution in [0.3, 0.4) is 0 Å². The summed E-state index contributed by atoms with van der Waals surface area (Å²) in [6.45, 7) is 0. The largest absolute Gasteiger partial charge is 0.259 e. The van der Waals surface area contributed by atoms with Gasteiger partial charge in [0.1, 0.15) is 0 Å². The van der Waals surface area contributed by atoms with Gasteiger partial charge in [-0.2, -0.15) is 9.65 Å². The molecule has 18 heavy (non-hydrogen) atoms. The van der Waals surface area contributed by atoms with Gasteiger partial charge in [0, 0.05) is 16.0 Å². The SMILES string of the molecule is Fc1ncccc1I.N#CCc1ncccc1I. The summed E-state index contributed by atoms with van der Waals surface area (Å²) in [6.07, 6.45) is 3.53. The van der Waals surface area contributed by atoms with E-state index in [-0.39, 0.29) is 0 Å². The summed E-state index contributed by atoms with van der Waals surface area (Å²) in [5, 5.41) is 8.35. The fourth-order valence-electron chi connectivity index (χ4n) is 0.990. The molecule has 0 bridgehead atoms. The summed E-state index contributed by atoms with van der Waals surface area (Å²) >= 11 is 4.06. The Morgan fingerprint density at radius 1 is 1.11 bits per heavy atom. The second-order valence-electron chi connectivity index (χ2n) is 3.04. The first-order chi connectivity index (χ1) is 8.65. The standard InChI is InChI=1S/C7H5IN2.C5H3FIN/c8-6-2-1-5-10-7(6)3-4-9;6-5-4(7)2-1-3-8-5/h1-2,5H,3H2;1-3H. The van der Waals surface area contributed by atoms with E-state index in [2.05, 4.69) is 38.6 Å². The topological polar surface area (TPSA) is 49.6 Å². The Morgan fingerprint density at radius 2 is 1.72 bits per heavy atom. The van der Waals surface area contributed by atoms with Crippen LogP contribution in [0.2, 0.25) is 0 Å². The molecule has 0 saturated heterocycles. The summed E-state index contributed by atoms with van der Waals surface area (Å²) in [6, 6.07) is 9.23. The Kier molecular flexibility index (Phi) is 7.04. The lowest BCUT2D eigenvalue weighted by atomic mass is 10.3. The predicted molar refractivity (Wildman–Crippen MR) is 83.2 cm³/mol. The van der Waals surface area contributed by atoms with Gasteiger partial charge in [0.2, 0.25) is 5.95 Å². The van der Waals surface area contributed by atoms with E-state index >= 15 is 0 Å². The average molecular weight is 467 g/mol. The van der Waals surface area contributed by atoms with E-state index in [1.165, 1.54) is 6.20 Å². The lowest BCUT2D eigenvalue weighted by molar-refractivity contribution is 0.576. The molecule has 0 fully saturated rings. The maximum absolute atomic E-state index is 12.2. The Bertz CT molecular complexity index is 534. The van der Waals surface area contributed by atoms with Crippen LogP contribution in [0.1, 0.15) is 5.69 Å². The quantitative estimate of drug-likeness (QED) is 0.477. The summed E-state index contributed by atoms with van der Waals surface area (Å²) < 4.78 is 13.8. The van der Waals surface area contributed by atoms with Gasteiger partial charge in [-0.25, -0.2) is 4.98 Å². The van der Waals surface area contributed by atoms with Gasteiger partial charge in [-0.1, -0.05) is 0 Å². The number of hydrogen-bond donors (Lipinski definition) is 0. The highest BCUT2D eigenvalue weighted by molar-refractivity contribution is 14.1. The first kappa shape index (κ1) is 15.2. The number of pyridine rings is 2. The number of halogens is 3. The molecule has 0 spiro atoms. The van der Waals surface area contributed by atoms with Crippen molar-refractivity contribution in [2.75, 3.05) is 0 Å². The van der Waals surface area contributed by atoms with Crippen LogP contribution in [0.4, 0.5) is 4.39 Å². The lowest BCUT2D eigenvalue weighted by Gasteiger charge is -1.94. The smallest absolute Gasteiger partial charge is 0.226 e. The number of rotatable bonds is 1. The van der Waals surface area contributed by atoms with E-state index in [0.717, 1.165) is 9.26 Å². The normalized spacial score (nSPS) is 9.00. The minimum atomic E-state index is -0.395. The van der Waals surface area contributed by atoms with Gasteiger partial charge < -0.3 is 0 Å². The fourth-order valence-corrected chi connectivity index (χ4v) is 1.87. The molecule has 0 atom stereocenters. The summed E-state index contributed by atoms with van der Waals surface area (Å²) in [7, 11) is 0. The molecule has 0 aromatic carbocycles. The molecule has 0 amide bonds. The monoisotopic (exact) mass is 467 g/mol. The Labute approximate surface area is 132 Å². The van der Waals surface area contributed by atoms with E-state index in [0.29, 0.717) is 9.99 Å². The van der Waals surface area contributed by atoms with Crippen molar-refractivity contribution in [1.82, 2.24) is 9.97 Å². The molecule has 3 nitrogen and oxygen atoms in total. The zero-order chi connectivity index (χ0) is 13.4. The fraction of sp³-hybridized carbons (Fsp3) is 0.0833. The van der Waals surface area contributed by atoms with Gasteiger partial charge in [0.25, 0.3) is 0 Å². The van der Waals surface area contributed by atoms with Gasteiger partial charge in [-0.15, -0.1) is 0 Å². The van der Waals surface area contributed by atoms with Crippen molar-refractivity contribution in [2.45, 2.75) is 6.42 Å². The first-order valence-corrected chi connectivity index (χ1v) is 7.03. The van der Waals surface area contributed by atoms with Crippen LogP contribution in [0.25, 0.3) is 0 Å². The van der Waals surface area contributed by atoms with Crippen LogP contribution in [-0.2, 0) is 6.42 Å². The molecular weight excluding hydrogens is 459 g/mol. The van der Waals surface area contributed by atoms with E-state index in [1.807, 2.05) is 34.7 Å². The molecule has 0 saturated carbocycles. The number of hydrogen-bond acceptors (Lipinski definition) is 3. The molecule has 2 heterocycles. The zero-order valence-electron chi connectivity index (χ0n) is 9.15. The van der Waals surface area contributed by atoms with Crippen molar-refractivity contribution in [1.29, 1.82) is 5.26 Å². The third-order valence-electron chi connectivity index (χ3n) is 1.79. The average Bonchev–Trinajstić information content (AvgIpc) is 2.37.